The van der Waals surface area contributed by atoms with E-state index in [1.807, 2.05) is 24.3 Å². The molecule has 0 aliphatic heterocycles. The third-order valence-corrected chi connectivity index (χ3v) is 12.7. The number of hydrogen-bond acceptors (Lipinski definition) is 3. The summed E-state index contributed by atoms with van der Waals surface area (Å²) in [6, 6.07) is 72.0. The van der Waals surface area contributed by atoms with E-state index in [1.54, 1.807) is 0 Å². The number of nitrogens with zero attached hydrogens (tertiary/aromatic N) is 1. The molecule has 1 aliphatic rings. The fourth-order valence-corrected chi connectivity index (χ4v) is 9.54. The highest BCUT2D eigenvalue weighted by molar-refractivity contribution is 6.07. The number of furan rings is 2. The average Bonchev–Trinajstić information content (AvgIpc) is 3.94. The van der Waals surface area contributed by atoms with Crippen molar-refractivity contribution >= 4 is 60.9 Å². The first-order valence-corrected chi connectivity index (χ1v) is 20.6. The Balaban J connectivity index is 0.941. The quantitative estimate of drug-likeness (QED) is 0.169. The first kappa shape index (κ1) is 34.4. The second-order valence-electron chi connectivity index (χ2n) is 16.5. The van der Waals surface area contributed by atoms with Crippen LogP contribution >= 0.6 is 0 Å². The zero-order chi connectivity index (χ0) is 40.0. The van der Waals surface area contributed by atoms with E-state index in [0.29, 0.717) is 0 Å². The van der Waals surface area contributed by atoms with E-state index in [4.69, 9.17) is 8.83 Å². The summed E-state index contributed by atoms with van der Waals surface area (Å²) < 4.78 is 12.5. The number of para-hydroxylation sites is 2. The van der Waals surface area contributed by atoms with Gasteiger partial charge in [-0.2, -0.15) is 0 Å². The molecule has 284 valence electrons. The van der Waals surface area contributed by atoms with Crippen LogP contribution in [0.25, 0.3) is 88.4 Å². The van der Waals surface area contributed by atoms with Crippen molar-refractivity contribution in [3.8, 4) is 44.5 Å². The van der Waals surface area contributed by atoms with Crippen LogP contribution in [0.15, 0.2) is 209 Å². The Kier molecular flexibility index (Phi) is 7.58. The molecule has 11 aromatic rings. The van der Waals surface area contributed by atoms with Gasteiger partial charge in [-0.25, -0.2) is 0 Å². The first-order chi connectivity index (χ1) is 29.5. The second-order valence-corrected chi connectivity index (χ2v) is 16.5. The normalized spacial score (nSPS) is 13.0. The van der Waals surface area contributed by atoms with Crippen LogP contribution in [-0.2, 0) is 5.41 Å². The Bertz CT molecular complexity index is 3280. The van der Waals surface area contributed by atoms with Gasteiger partial charge in [0.1, 0.15) is 22.3 Å². The monoisotopic (exact) mass is 769 g/mol. The smallest absolute Gasteiger partial charge is 0.136 e. The van der Waals surface area contributed by atoms with Crippen molar-refractivity contribution in [3.05, 3.63) is 211 Å². The van der Waals surface area contributed by atoms with Crippen molar-refractivity contribution in [2.75, 3.05) is 4.90 Å². The third-order valence-electron chi connectivity index (χ3n) is 12.7. The zero-order valence-electron chi connectivity index (χ0n) is 33.3. The molecule has 2 heterocycles. The van der Waals surface area contributed by atoms with E-state index in [2.05, 4.69) is 195 Å². The minimum absolute atomic E-state index is 0.185. The Morgan fingerprint density at radius 2 is 0.717 bits per heavy atom. The minimum atomic E-state index is -0.185. The molecule has 0 saturated heterocycles. The summed E-state index contributed by atoms with van der Waals surface area (Å²) in [5.74, 6) is 0. The molecule has 60 heavy (non-hydrogen) atoms. The molecule has 0 saturated carbocycles. The van der Waals surface area contributed by atoms with E-state index in [0.717, 1.165) is 83.2 Å². The maximum atomic E-state index is 6.26. The maximum absolute atomic E-state index is 6.26. The fourth-order valence-electron chi connectivity index (χ4n) is 9.54. The molecule has 0 fully saturated rings. The van der Waals surface area contributed by atoms with Gasteiger partial charge in [0.05, 0.1) is 0 Å². The predicted octanol–water partition coefficient (Wildman–Crippen LogP) is 16.3. The summed E-state index contributed by atoms with van der Waals surface area (Å²) in [6.45, 7) is 4.73. The van der Waals surface area contributed by atoms with Crippen molar-refractivity contribution in [2.24, 2.45) is 0 Å². The molecule has 9 aromatic carbocycles. The molecule has 2 aromatic heterocycles. The van der Waals surface area contributed by atoms with Crippen molar-refractivity contribution in [1.29, 1.82) is 0 Å². The molecule has 0 spiro atoms. The van der Waals surface area contributed by atoms with Crippen molar-refractivity contribution in [3.63, 3.8) is 0 Å². The number of fused-ring (bicyclic) bond motifs is 9. The highest BCUT2D eigenvalue weighted by Crippen LogP contribution is 2.52. The molecule has 0 amide bonds. The summed E-state index contributed by atoms with van der Waals surface area (Å²) in [7, 11) is 0. The molecule has 0 radical (unpaired) electrons. The van der Waals surface area contributed by atoms with Gasteiger partial charge in [-0.05, 0) is 134 Å². The number of anilines is 3. The summed E-state index contributed by atoms with van der Waals surface area (Å²) >= 11 is 0. The van der Waals surface area contributed by atoms with Gasteiger partial charge in [0.2, 0.25) is 0 Å². The van der Waals surface area contributed by atoms with Crippen molar-refractivity contribution in [1.82, 2.24) is 0 Å². The summed E-state index contributed by atoms with van der Waals surface area (Å²) in [5, 5.41) is 4.55. The van der Waals surface area contributed by atoms with E-state index in [-0.39, 0.29) is 5.41 Å². The van der Waals surface area contributed by atoms with Crippen LogP contribution in [0.3, 0.4) is 0 Å². The predicted molar refractivity (Wildman–Crippen MR) is 250 cm³/mol. The lowest BCUT2D eigenvalue weighted by Gasteiger charge is -2.28. The molecular formula is C57H39NO2. The highest BCUT2D eigenvalue weighted by atomic mass is 16.3. The van der Waals surface area contributed by atoms with Gasteiger partial charge in [-0.1, -0.05) is 135 Å². The lowest BCUT2D eigenvalue weighted by molar-refractivity contribution is 0.660. The first-order valence-electron chi connectivity index (χ1n) is 20.6. The van der Waals surface area contributed by atoms with E-state index >= 15 is 0 Å². The van der Waals surface area contributed by atoms with Crippen LogP contribution in [0.5, 0.6) is 0 Å². The molecule has 1 aliphatic carbocycles. The lowest BCUT2D eigenvalue weighted by Crippen LogP contribution is -2.16. The molecule has 0 atom stereocenters. The maximum Gasteiger partial charge on any atom is 0.136 e. The topological polar surface area (TPSA) is 29.5 Å². The Morgan fingerprint density at radius 3 is 1.28 bits per heavy atom. The summed E-state index contributed by atoms with van der Waals surface area (Å²) in [5.41, 5.74) is 19.0. The molecule has 12 rings (SSSR count). The van der Waals surface area contributed by atoms with Crippen LogP contribution in [0.1, 0.15) is 25.0 Å². The Hall–Kier alpha value is -7.62. The number of benzene rings is 9. The van der Waals surface area contributed by atoms with Gasteiger partial charge in [-0.3, -0.25) is 0 Å². The van der Waals surface area contributed by atoms with Crippen LogP contribution in [0, 0.1) is 0 Å². The van der Waals surface area contributed by atoms with Gasteiger partial charge >= 0.3 is 0 Å². The van der Waals surface area contributed by atoms with Gasteiger partial charge in [0.25, 0.3) is 0 Å². The van der Waals surface area contributed by atoms with Crippen LogP contribution < -0.4 is 4.90 Å². The zero-order valence-corrected chi connectivity index (χ0v) is 33.3. The fraction of sp³-hybridized carbons (Fsp3) is 0.0526. The molecule has 0 N–H and O–H groups in total. The summed E-state index contributed by atoms with van der Waals surface area (Å²) in [4.78, 5) is 2.38. The summed E-state index contributed by atoms with van der Waals surface area (Å²) in [6.07, 6.45) is 0. The van der Waals surface area contributed by atoms with Gasteiger partial charge < -0.3 is 13.7 Å². The van der Waals surface area contributed by atoms with Crippen molar-refractivity contribution < 1.29 is 8.83 Å². The van der Waals surface area contributed by atoms with Crippen LogP contribution in [0.4, 0.5) is 17.1 Å². The van der Waals surface area contributed by atoms with Gasteiger partial charge in [0.15, 0.2) is 0 Å². The second kappa shape index (κ2) is 13.2. The lowest BCUT2D eigenvalue weighted by atomic mass is 9.81. The molecule has 3 nitrogen and oxygen atoms in total. The van der Waals surface area contributed by atoms with E-state index < -0.39 is 0 Å². The van der Waals surface area contributed by atoms with Crippen LogP contribution in [-0.4, -0.2) is 0 Å². The third kappa shape index (κ3) is 5.43. The molecular weight excluding hydrogens is 731 g/mol. The largest absolute Gasteiger partial charge is 0.456 e. The molecule has 0 bridgehead atoms. The number of rotatable bonds is 6. The highest BCUT2D eigenvalue weighted by Gasteiger charge is 2.36. The van der Waals surface area contributed by atoms with Crippen LogP contribution in [0.2, 0.25) is 0 Å². The Labute approximate surface area is 348 Å². The number of hydrogen-bond donors (Lipinski definition) is 0. The average molecular weight is 770 g/mol. The van der Waals surface area contributed by atoms with Gasteiger partial charge in [0, 0.05) is 44.0 Å². The van der Waals surface area contributed by atoms with E-state index in [9.17, 15) is 0 Å². The van der Waals surface area contributed by atoms with E-state index in [1.165, 1.54) is 33.4 Å². The SMILES string of the molecule is CC1(C)c2cc(-c3ccccc3)ccc2-c2ccc(N(c3ccc(-c4ccc5c(c4)oc4ccccc45)cc3)c3ccc(-c4ccc5c(c4)oc4ccccc45)cc3)cc21. The Morgan fingerprint density at radius 1 is 0.317 bits per heavy atom. The molecule has 0 unspecified atom stereocenters. The molecule has 3 heteroatoms. The van der Waals surface area contributed by atoms with Crippen molar-refractivity contribution in [2.45, 2.75) is 19.3 Å². The minimum Gasteiger partial charge on any atom is -0.456 e. The standard InChI is InChI=1S/C57H39NO2/c1-57(2)51-32-39(36-10-4-3-5-11-36)20-28-45(51)46-31-27-44(35-52(46)57)58(42-23-16-37(17-24-42)40-21-29-49-47-12-6-8-14-53(47)59-55(49)33-40)43-25-18-38(19-26-43)41-22-30-50-48-13-7-9-15-54(48)60-56(50)34-41/h3-35H,1-2H3. The van der Waals surface area contributed by atoms with Gasteiger partial charge in [-0.15, -0.1) is 0 Å².